The molecule has 0 spiro atoms. The molecule has 0 aromatic rings. The summed E-state index contributed by atoms with van der Waals surface area (Å²) >= 11 is 0. The molecule has 0 heterocycles. The Balaban J connectivity index is 3.38. The molecule has 0 bridgehead atoms. The van der Waals surface area contributed by atoms with Gasteiger partial charge in [-0.05, 0) is 25.7 Å². The summed E-state index contributed by atoms with van der Waals surface area (Å²) in [6.07, 6.45) is 11.8. The van der Waals surface area contributed by atoms with E-state index in [2.05, 4.69) is 6.92 Å². The van der Waals surface area contributed by atoms with E-state index in [1.807, 2.05) is 0 Å². The molecule has 22 heavy (non-hydrogen) atoms. The Hall–Kier alpha value is -0.610. The average Bonchev–Trinajstić information content (AvgIpc) is 2.49. The Morgan fingerprint density at radius 3 is 1.64 bits per heavy atom. The molecule has 0 amide bonds. The topological polar surface area (TPSA) is 80.6 Å². The predicted octanol–water partition coefficient (Wildman–Crippen LogP) is 2.94. The van der Waals surface area contributed by atoms with Crippen LogP contribution in [0.5, 0.6) is 0 Å². The SMILES string of the molecule is CCCCCCCCC(O)C(O)CCCCCCCC(=O)[O-]. The quantitative estimate of drug-likeness (QED) is 0.429. The van der Waals surface area contributed by atoms with Gasteiger partial charge < -0.3 is 20.1 Å². The van der Waals surface area contributed by atoms with E-state index >= 15 is 0 Å². The molecule has 0 aromatic heterocycles. The third kappa shape index (κ3) is 14.3. The van der Waals surface area contributed by atoms with E-state index < -0.39 is 18.2 Å². The van der Waals surface area contributed by atoms with Gasteiger partial charge in [0.15, 0.2) is 0 Å². The fourth-order valence-electron chi connectivity index (χ4n) is 2.67. The molecule has 0 aliphatic heterocycles. The zero-order valence-corrected chi connectivity index (χ0v) is 14.3. The van der Waals surface area contributed by atoms with Gasteiger partial charge >= 0.3 is 0 Å². The number of hydrogen-bond donors (Lipinski definition) is 2. The Morgan fingerprint density at radius 1 is 0.773 bits per heavy atom. The second-order valence-corrected chi connectivity index (χ2v) is 6.37. The van der Waals surface area contributed by atoms with E-state index in [1.165, 1.54) is 25.7 Å². The number of carbonyl (C=O) groups is 1. The number of carbonyl (C=O) groups excluding carboxylic acids is 1. The number of rotatable bonds is 16. The molecule has 0 radical (unpaired) electrons. The summed E-state index contributed by atoms with van der Waals surface area (Å²) in [6.45, 7) is 2.20. The maximum absolute atomic E-state index is 10.2. The summed E-state index contributed by atoms with van der Waals surface area (Å²) in [5.41, 5.74) is 0. The summed E-state index contributed by atoms with van der Waals surface area (Å²) in [5, 5.41) is 30.0. The number of unbranched alkanes of at least 4 members (excludes halogenated alkanes) is 9. The maximum atomic E-state index is 10.2. The standard InChI is InChI=1S/C18H36O4/c1-2-3-4-5-7-10-13-16(19)17(20)14-11-8-6-9-12-15-18(21)22/h16-17,19-20H,2-15H2,1H3,(H,21,22)/p-1. The smallest absolute Gasteiger partial charge is 0.0799 e. The Labute approximate surface area is 135 Å². The number of hydrogen-bond acceptors (Lipinski definition) is 4. The van der Waals surface area contributed by atoms with Gasteiger partial charge in [0.1, 0.15) is 0 Å². The minimum Gasteiger partial charge on any atom is -0.550 e. The van der Waals surface area contributed by atoms with Gasteiger partial charge in [0.25, 0.3) is 0 Å². The molecule has 2 unspecified atom stereocenters. The third-order valence-electron chi connectivity index (χ3n) is 4.18. The number of aliphatic hydroxyl groups is 2. The first-order chi connectivity index (χ1) is 10.6. The van der Waals surface area contributed by atoms with Crippen LogP contribution in [0.3, 0.4) is 0 Å². The monoisotopic (exact) mass is 315 g/mol. The van der Waals surface area contributed by atoms with Gasteiger partial charge in [0.05, 0.1) is 12.2 Å². The zero-order chi connectivity index (χ0) is 16.6. The molecular formula is C18H35O4-. The highest BCUT2D eigenvalue weighted by Gasteiger charge is 2.14. The highest BCUT2D eigenvalue weighted by atomic mass is 16.4. The summed E-state index contributed by atoms with van der Waals surface area (Å²) in [4.78, 5) is 10.2. The highest BCUT2D eigenvalue weighted by molar-refractivity contribution is 5.63. The van der Waals surface area contributed by atoms with Crippen LogP contribution in [0.4, 0.5) is 0 Å². The van der Waals surface area contributed by atoms with Crippen LogP contribution in [0.15, 0.2) is 0 Å². The average molecular weight is 315 g/mol. The molecular weight excluding hydrogens is 280 g/mol. The van der Waals surface area contributed by atoms with Crippen LogP contribution < -0.4 is 5.11 Å². The van der Waals surface area contributed by atoms with Crippen molar-refractivity contribution in [1.29, 1.82) is 0 Å². The first-order valence-electron chi connectivity index (χ1n) is 9.14. The van der Waals surface area contributed by atoms with Gasteiger partial charge in [0, 0.05) is 5.97 Å². The lowest BCUT2D eigenvalue weighted by atomic mass is 9.99. The molecule has 0 aliphatic carbocycles. The normalized spacial score (nSPS) is 14.0. The van der Waals surface area contributed by atoms with E-state index in [4.69, 9.17) is 0 Å². The van der Waals surface area contributed by atoms with Gasteiger partial charge in [-0.15, -0.1) is 0 Å². The van der Waals surface area contributed by atoms with Crippen LogP contribution >= 0.6 is 0 Å². The number of aliphatic hydroxyl groups excluding tert-OH is 2. The van der Waals surface area contributed by atoms with Crippen molar-refractivity contribution in [1.82, 2.24) is 0 Å². The second kappa shape index (κ2) is 15.3. The zero-order valence-electron chi connectivity index (χ0n) is 14.3. The van der Waals surface area contributed by atoms with E-state index in [0.717, 1.165) is 38.5 Å². The Morgan fingerprint density at radius 2 is 1.18 bits per heavy atom. The minimum atomic E-state index is -0.978. The number of aliphatic carboxylic acids is 1. The van der Waals surface area contributed by atoms with Gasteiger partial charge in [0.2, 0.25) is 0 Å². The molecule has 2 atom stereocenters. The lowest BCUT2D eigenvalue weighted by Gasteiger charge is -2.17. The van der Waals surface area contributed by atoms with Crippen molar-refractivity contribution in [3.05, 3.63) is 0 Å². The van der Waals surface area contributed by atoms with Crippen LogP contribution in [0.2, 0.25) is 0 Å². The highest BCUT2D eigenvalue weighted by Crippen LogP contribution is 2.15. The van der Waals surface area contributed by atoms with Crippen LogP contribution in [-0.4, -0.2) is 28.4 Å². The first kappa shape index (κ1) is 21.4. The molecule has 0 fully saturated rings. The van der Waals surface area contributed by atoms with E-state index in [1.54, 1.807) is 0 Å². The predicted molar refractivity (Wildman–Crippen MR) is 87.3 cm³/mol. The molecule has 4 nitrogen and oxygen atoms in total. The molecule has 2 N–H and O–H groups in total. The fraction of sp³-hybridized carbons (Fsp3) is 0.944. The lowest BCUT2D eigenvalue weighted by molar-refractivity contribution is -0.305. The van der Waals surface area contributed by atoms with Gasteiger partial charge in [-0.25, -0.2) is 0 Å². The van der Waals surface area contributed by atoms with E-state index in [0.29, 0.717) is 19.3 Å². The van der Waals surface area contributed by atoms with Gasteiger partial charge in [-0.2, -0.15) is 0 Å². The Kier molecular flexibility index (Phi) is 14.9. The van der Waals surface area contributed by atoms with Crippen molar-refractivity contribution in [3.63, 3.8) is 0 Å². The van der Waals surface area contributed by atoms with Crippen LogP contribution in [0.25, 0.3) is 0 Å². The Bertz CT molecular complexity index is 255. The molecule has 0 aliphatic rings. The molecule has 4 heteroatoms. The number of carboxylic acid groups (broad SMARTS) is 1. The fourth-order valence-corrected chi connectivity index (χ4v) is 2.67. The third-order valence-corrected chi connectivity index (χ3v) is 4.18. The molecule has 0 rings (SSSR count). The van der Waals surface area contributed by atoms with Crippen molar-refractivity contribution >= 4 is 5.97 Å². The molecule has 0 saturated carbocycles. The summed E-state index contributed by atoms with van der Waals surface area (Å²) in [6, 6.07) is 0. The van der Waals surface area contributed by atoms with Gasteiger partial charge in [-0.1, -0.05) is 71.1 Å². The second-order valence-electron chi connectivity index (χ2n) is 6.37. The lowest BCUT2D eigenvalue weighted by Crippen LogP contribution is -2.25. The first-order valence-corrected chi connectivity index (χ1v) is 9.14. The molecule has 132 valence electrons. The molecule has 0 aromatic carbocycles. The largest absolute Gasteiger partial charge is 0.550 e. The van der Waals surface area contributed by atoms with Crippen LogP contribution in [0, 0.1) is 0 Å². The maximum Gasteiger partial charge on any atom is 0.0799 e. The van der Waals surface area contributed by atoms with E-state index in [-0.39, 0.29) is 6.42 Å². The molecule has 0 saturated heterocycles. The summed E-state index contributed by atoms with van der Waals surface area (Å²) in [7, 11) is 0. The van der Waals surface area contributed by atoms with Gasteiger partial charge in [-0.3, -0.25) is 0 Å². The number of carboxylic acids is 1. The minimum absolute atomic E-state index is 0.138. The van der Waals surface area contributed by atoms with Crippen LogP contribution in [0.1, 0.15) is 96.8 Å². The van der Waals surface area contributed by atoms with Crippen molar-refractivity contribution in [2.75, 3.05) is 0 Å². The van der Waals surface area contributed by atoms with E-state index in [9.17, 15) is 20.1 Å². The summed E-state index contributed by atoms with van der Waals surface area (Å²) < 4.78 is 0. The summed E-state index contributed by atoms with van der Waals surface area (Å²) in [5.74, 6) is -0.978. The van der Waals surface area contributed by atoms with Crippen molar-refractivity contribution < 1.29 is 20.1 Å². The van der Waals surface area contributed by atoms with Crippen LogP contribution in [-0.2, 0) is 4.79 Å². The van der Waals surface area contributed by atoms with Crippen molar-refractivity contribution in [2.24, 2.45) is 0 Å². The van der Waals surface area contributed by atoms with Crippen molar-refractivity contribution in [3.8, 4) is 0 Å². The van der Waals surface area contributed by atoms with Crippen molar-refractivity contribution in [2.45, 2.75) is 109 Å².